The summed E-state index contributed by atoms with van der Waals surface area (Å²) in [5, 5.41) is 5.01. The molecule has 66 valence electrons. The lowest BCUT2D eigenvalue weighted by molar-refractivity contribution is 0.101. The fourth-order valence-corrected chi connectivity index (χ4v) is 1.38. The number of aromatic nitrogens is 3. The maximum absolute atomic E-state index is 11.2. The molecule has 0 aliphatic rings. The zero-order chi connectivity index (χ0) is 9.42. The van der Waals surface area contributed by atoms with E-state index in [4.69, 9.17) is 0 Å². The molecule has 2 aromatic heterocycles. The Morgan fingerprint density at radius 3 is 3.00 bits per heavy atom. The van der Waals surface area contributed by atoms with Gasteiger partial charge in [-0.3, -0.25) is 14.5 Å². The number of hydrogen-bond donors (Lipinski definition) is 0. The minimum atomic E-state index is -0.0331. The monoisotopic (exact) mass is 175 g/mol. The zero-order valence-electron chi connectivity index (χ0n) is 7.48. The molecule has 4 heteroatoms. The van der Waals surface area contributed by atoms with Crippen molar-refractivity contribution >= 4 is 16.7 Å². The fraction of sp³-hybridized carbons (Fsp3) is 0.222. The second kappa shape index (κ2) is 2.65. The number of ketones is 1. The van der Waals surface area contributed by atoms with Gasteiger partial charge in [0.2, 0.25) is 0 Å². The summed E-state index contributed by atoms with van der Waals surface area (Å²) in [5.41, 5.74) is 1.28. The Labute approximate surface area is 75.2 Å². The molecule has 0 spiro atoms. The lowest BCUT2D eigenvalue weighted by Gasteiger charge is -1.98. The third kappa shape index (κ3) is 1.11. The van der Waals surface area contributed by atoms with E-state index in [9.17, 15) is 4.79 Å². The molecule has 0 N–H and O–H groups in total. The molecule has 0 bridgehead atoms. The first-order chi connectivity index (χ1) is 6.20. The lowest BCUT2D eigenvalue weighted by Crippen LogP contribution is -2.01. The summed E-state index contributed by atoms with van der Waals surface area (Å²) in [4.78, 5) is 15.2. The molecule has 0 unspecified atom stereocenters. The van der Waals surface area contributed by atoms with Gasteiger partial charge in [0.15, 0.2) is 5.78 Å². The zero-order valence-corrected chi connectivity index (χ0v) is 7.48. The summed E-state index contributed by atoms with van der Waals surface area (Å²) in [5.74, 6) is -0.0331. The predicted molar refractivity (Wildman–Crippen MR) is 48.5 cm³/mol. The van der Waals surface area contributed by atoms with Gasteiger partial charge in [0.25, 0.3) is 0 Å². The van der Waals surface area contributed by atoms with Crippen LogP contribution in [0.2, 0.25) is 0 Å². The van der Waals surface area contributed by atoms with E-state index in [2.05, 4.69) is 10.1 Å². The Morgan fingerprint density at radius 1 is 1.54 bits per heavy atom. The van der Waals surface area contributed by atoms with Crippen LogP contribution in [0.15, 0.2) is 18.5 Å². The van der Waals surface area contributed by atoms with Crippen molar-refractivity contribution in [3.05, 3.63) is 24.2 Å². The molecule has 13 heavy (non-hydrogen) atoms. The van der Waals surface area contributed by atoms with E-state index in [1.54, 1.807) is 24.1 Å². The van der Waals surface area contributed by atoms with Crippen LogP contribution < -0.4 is 0 Å². The number of carbonyl (C=O) groups excluding carboxylic acids is 1. The number of aryl methyl sites for hydroxylation is 1. The average Bonchev–Trinajstić information content (AvgIpc) is 2.48. The Kier molecular flexibility index (Phi) is 1.62. The number of fused-ring (bicyclic) bond motifs is 1. The molecule has 2 aromatic rings. The van der Waals surface area contributed by atoms with Crippen molar-refractivity contribution in [2.75, 3.05) is 0 Å². The van der Waals surface area contributed by atoms with Crippen LogP contribution >= 0.6 is 0 Å². The van der Waals surface area contributed by atoms with Crippen LogP contribution in [-0.2, 0) is 7.05 Å². The minimum Gasteiger partial charge on any atom is -0.293 e. The highest BCUT2D eigenvalue weighted by Crippen LogP contribution is 2.15. The molecule has 2 heterocycles. The number of nitrogens with zero attached hydrogens (tertiary/aromatic N) is 3. The molecular weight excluding hydrogens is 166 g/mol. The Hall–Kier alpha value is -1.71. The molecule has 0 saturated heterocycles. The van der Waals surface area contributed by atoms with E-state index in [-0.39, 0.29) is 5.78 Å². The SMILES string of the molecule is CC(=O)c1nccc2cnn(C)c12. The van der Waals surface area contributed by atoms with Crippen LogP contribution in [0.3, 0.4) is 0 Å². The van der Waals surface area contributed by atoms with Crippen molar-refractivity contribution in [1.82, 2.24) is 14.8 Å². The van der Waals surface area contributed by atoms with Gasteiger partial charge < -0.3 is 0 Å². The van der Waals surface area contributed by atoms with Crippen molar-refractivity contribution in [1.29, 1.82) is 0 Å². The summed E-state index contributed by atoms with van der Waals surface area (Å²) < 4.78 is 1.67. The Bertz CT molecular complexity index is 473. The average molecular weight is 175 g/mol. The van der Waals surface area contributed by atoms with E-state index >= 15 is 0 Å². The maximum Gasteiger partial charge on any atom is 0.180 e. The quantitative estimate of drug-likeness (QED) is 0.611. The third-order valence-electron chi connectivity index (χ3n) is 1.98. The smallest absolute Gasteiger partial charge is 0.180 e. The standard InChI is InChI=1S/C9H9N3O/c1-6(13)8-9-7(3-4-10-8)5-11-12(9)2/h3-5H,1-2H3. The normalized spacial score (nSPS) is 10.6. The third-order valence-corrected chi connectivity index (χ3v) is 1.98. The molecule has 0 saturated carbocycles. The number of rotatable bonds is 1. The van der Waals surface area contributed by atoms with E-state index in [0.29, 0.717) is 5.69 Å². The summed E-state index contributed by atoms with van der Waals surface area (Å²) in [6.45, 7) is 1.51. The second-order valence-corrected chi connectivity index (χ2v) is 2.92. The van der Waals surface area contributed by atoms with Gasteiger partial charge in [-0.15, -0.1) is 0 Å². The Balaban J connectivity index is 2.88. The molecule has 0 fully saturated rings. The van der Waals surface area contributed by atoms with Crippen molar-refractivity contribution in [3.8, 4) is 0 Å². The van der Waals surface area contributed by atoms with Crippen molar-refractivity contribution in [3.63, 3.8) is 0 Å². The fourth-order valence-electron chi connectivity index (χ4n) is 1.38. The molecule has 4 nitrogen and oxygen atoms in total. The molecule has 2 rings (SSSR count). The van der Waals surface area contributed by atoms with Crippen molar-refractivity contribution in [2.45, 2.75) is 6.92 Å². The van der Waals surface area contributed by atoms with Gasteiger partial charge in [0.1, 0.15) is 5.69 Å². The van der Waals surface area contributed by atoms with Gasteiger partial charge in [-0.05, 0) is 6.07 Å². The summed E-state index contributed by atoms with van der Waals surface area (Å²) >= 11 is 0. The van der Waals surface area contributed by atoms with Gasteiger partial charge in [-0.1, -0.05) is 0 Å². The van der Waals surface area contributed by atoms with E-state index in [1.165, 1.54) is 6.92 Å². The predicted octanol–water partition coefficient (Wildman–Crippen LogP) is 1.17. The van der Waals surface area contributed by atoms with Gasteiger partial charge >= 0.3 is 0 Å². The van der Waals surface area contributed by atoms with Crippen LogP contribution in [0.4, 0.5) is 0 Å². The maximum atomic E-state index is 11.2. The van der Waals surface area contributed by atoms with Crippen LogP contribution in [0.5, 0.6) is 0 Å². The first kappa shape index (κ1) is 7.91. The lowest BCUT2D eigenvalue weighted by atomic mass is 10.2. The van der Waals surface area contributed by atoms with Gasteiger partial charge in [0, 0.05) is 25.6 Å². The van der Waals surface area contributed by atoms with Crippen LogP contribution in [-0.4, -0.2) is 20.5 Å². The molecule has 0 aliphatic heterocycles. The minimum absolute atomic E-state index is 0.0331. The molecular formula is C9H9N3O. The molecule has 0 atom stereocenters. The number of pyridine rings is 1. The summed E-state index contributed by atoms with van der Waals surface area (Å²) in [7, 11) is 1.80. The van der Waals surface area contributed by atoms with Gasteiger partial charge in [-0.2, -0.15) is 5.10 Å². The van der Waals surface area contributed by atoms with E-state index in [0.717, 1.165) is 10.9 Å². The molecule has 0 aromatic carbocycles. The first-order valence-corrected chi connectivity index (χ1v) is 3.98. The highest BCUT2D eigenvalue weighted by molar-refractivity contribution is 6.03. The van der Waals surface area contributed by atoms with Crippen molar-refractivity contribution in [2.24, 2.45) is 7.05 Å². The second-order valence-electron chi connectivity index (χ2n) is 2.92. The van der Waals surface area contributed by atoms with E-state index in [1.807, 2.05) is 6.07 Å². The van der Waals surface area contributed by atoms with Crippen LogP contribution in [0, 0.1) is 0 Å². The topological polar surface area (TPSA) is 47.8 Å². The highest BCUT2D eigenvalue weighted by atomic mass is 16.1. The molecule has 0 aliphatic carbocycles. The highest BCUT2D eigenvalue weighted by Gasteiger charge is 2.09. The number of Topliss-reactive ketones (excluding diaryl/α,β-unsaturated/α-hetero) is 1. The van der Waals surface area contributed by atoms with Gasteiger partial charge in [-0.25, -0.2) is 0 Å². The van der Waals surface area contributed by atoms with Gasteiger partial charge in [0.05, 0.1) is 11.7 Å². The first-order valence-electron chi connectivity index (χ1n) is 3.98. The molecule has 0 radical (unpaired) electrons. The summed E-state index contributed by atoms with van der Waals surface area (Å²) in [6.07, 6.45) is 3.35. The summed E-state index contributed by atoms with van der Waals surface area (Å²) in [6, 6.07) is 1.84. The Morgan fingerprint density at radius 2 is 2.31 bits per heavy atom. The largest absolute Gasteiger partial charge is 0.293 e. The van der Waals surface area contributed by atoms with E-state index < -0.39 is 0 Å². The number of carbonyl (C=O) groups is 1. The van der Waals surface area contributed by atoms with Crippen molar-refractivity contribution < 1.29 is 4.79 Å². The number of hydrogen-bond acceptors (Lipinski definition) is 3. The van der Waals surface area contributed by atoms with Crippen LogP contribution in [0.1, 0.15) is 17.4 Å². The molecule has 0 amide bonds. The van der Waals surface area contributed by atoms with Crippen LogP contribution in [0.25, 0.3) is 10.9 Å².